The maximum Gasteiger partial charge on any atom is 0.0704 e. The lowest BCUT2D eigenvalue weighted by molar-refractivity contribution is -0.0691. The summed E-state index contributed by atoms with van der Waals surface area (Å²) in [6, 6.07) is 0. The molecule has 0 spiro atoms. The van der Waals surface area contributed by atoms with Gasteiger partial charge in [-0.05, 0) is 116 Å². The van der Waals surface area contributed by atoms with Crippen LogP contribution in [0.15, 0.2) is 11.6 Å². The van der Waals surface area contributed by atoms with Crippen LogP contribution < -0.4 is 0 Å². The predicted octanol–water partition coefficient (Wildman–Crippen LogP) is 10.1. The lowest BCUT2D eigenvalue weighted by Crippen LogP contribution is -2.51. The monoisotopic (exact) mass is 617 g/mol. The Balaban J connectivity index is 1.13. The van der Waals surface area contributed by atoms with E-state index in [1.54, 1.807) is 5.57 Å². The Kier molecular flexibility index (Phi) is 14.2. The number of rotatable bonds is 19. The number of allylic oxidation sites excluding steroid dienone is 1. The SMILES string of the molecule is CC(C)CCCC(C)C1CCC2C3CC=C4C[C@@H](OCCOCCOCCOCCC(C)C(C)C)CCC4(C)C3CCC12C. The summed E-state index contributed by atoms with van der Waals surface area (Å²) in [5, 5.41) is 0. The Bertz CT molecular complexity index is 867. The van der Waals surface area contributed by atoms with Crippen LogP contribution >= 0.6 is 0 Å². The van der Waals surface area contributed by atoms with Gasteiger partial charge in [0.05, 0.1) is 45.7 Å². The second-order valence-corrected chi connectivity index (χ2v) is 16.9. The molecule has 0 aromatic rings. The van der Waals surface area contributed by atoms with Crippen LogP contribution in [0.5, 0.6) is 0 Å². The highest BCUT2D eigenvalue weighted by Gasteiger charge is 2.59. The third kappa shape index (κ3) is 9.13. The molecule has 8 unspecified atom stereocenters. The van der Waals surface area contributed by atoms with Gasteiger partial charge in [-0.1, -0.05) is 86.3 Å². The van der Waals surface area contributed by atoms with Gasteiger partial charge in [0.2, 0.25) is 0 Å². The van der Waals surface area contributed by atoms with E-state index in [0.717, 1.165) is 60.9 Å². The van der Waals surface area contributed by atoms with Gasteiger partial charge in [0.25, 0.3) is 0 Å². The Morgan fingerprint density at radius 3 is 2.09 bits per heavy atom. The number of hydrogen-bond donors (Lipinski definition) is 0. The van der Waals surface area contributed by atoms with Crippen molar-refractivity contribution in [2.75, 3.05) is 46.2 Å². The Hall–Kier alpha value is -0.420. The fourth-order valence-corrected chi connectivity index (χ4v) is 10.2. The zero-order valence-corrected chi connectivity index (χ0v) is 30.3. The first-order valence-electron chi connectivity index (χ1n) is 19.1. The Morgan fingerprint density at radius 1 is 0.727 bits per heavy atom. The summed E-state index contributed by atoms with van der Waals surface area (Å²) in [4.78, 5) is 0. The van der Waals surface area contributed by atoms with E-state index >= 15 is 0 Å². The molecular weight excluding hydrogens is 544 g/mol. The summed E-state index contributed by atoms with van der Waals surface area (Å²) in [7, 11) is 0. The fraction of sp³-hybridized carbons (Fsp3) is 0.950. The third-order valence-corrected chi connectivity index (χ3v) is 13.4. The van der Waals surface area contributed by atoms with Crippen molar-refractivity contribution in [1.82, 2.24) is 0 Å². The maximum atomic E-state index is 6.37. The molecule has 3 saturated carbocycles. The van der Waals surface area contributed by atoms with Crippen LogP contribution in [-0.2, 0) is 18.9 Å². The average molecular weight is 617 g/mol. The third-order valence-electron chi connectivity index (χ3n) is 13.4. The molecule has 0 N–H and O–H groups in total. The molecule has 0 aromatic carbocycles. The number of ether oxygens (including phenoxy) is 4. The highest BCUT2D eigenvalue weighted by atomic mass is 16.6. The van der Waals surface area contributed by atoms with Gasteiger partial charge in [-0.15, -0.1) is 0 Å². The van der Waals surface area contributed by atoms with E-state index in [2.05, 4.69) is 61.5 Å². The number of fused-ring (bicyclic) bond motifs is 5. The van der Waals surface area contributed by atoms with Crippen LogP contribution in [0.2, 0.25) is 0 Å². The van der Waals surface area contributed by atoms with Crippen molar-refractivity contribution in [2.24, 2.45) is 58.2 Å². The van der Waals surface area contributed by atoms with Crippen LogP contribution in [0.4, 0.5) is 0 Å². The molecule has 256 valence electrons. The summed E-state index contributed by atoms with van der Waals surface area (Å²) >= 11 is 0. The van der Waals surface area contributed by atoms with Gasteiger partial charge < -0.3 is 18.9 Å². The zero-order valence-electron chi connectivity index (χ0n) is 30.3. The summed E-state index contributed by atoms with van der Waals surface area (Å²) in [6.45, 7) is 24.3. The quantitative estimate of drug-likeness (QED) is 0.107. The molecule has 0 amide bonds. The molecule has 4 aliphatic carbocycles. The van der Waals surface area contributed by atoms with Gasteiger partial charge in [0, 0.05) is 6.61 Å². The van der Waals surface area contributed by atoms with Gasteiger partial charge in [-0.25, -0.2) is 0 Å². The molecule has 4 rings (SSSR count). The Labute approximate surface area is 273 Å². The molecule has 0 saturated heterocycles. The minimum absolute atomic E-state index is 0.359. The summed E-state index contributed by atoms with van der Waals surface area (Å²) in [5.41, 5.74) is 2.70. The molecular formula is C40H72O4. The molecule has 0 radical (unpaired) electrons. The van der Waals surface area contributed by atoms with E-state index < -0.39 is 0 Å². The summed E-state index contributed by atoms with van der Waals surface area (Å²) < 4.78 is 23.6. The van der Waals surface area contributed by atoms with Gasteiger partial charge in [-0.3, -0.25) is 0 Å². The van der Waals surface area contributed by atoms with Crippen LogP contribution in [0.3, 0.4) is 0 Å². The lowest BCUT2D eigenvalue weighted by atomic mass is 9.47. The van der Waals surface area contributed by atoms with Gasteiger partial charge in [0.15, 0.2) is 0 Å². The smallest absolute Gasteiger partial charge is 0.0704 e. The molecule has 0 aliphatic heterocycles. The minimum Gasteiger partial charge on any atom is -0.379 e. The molecule has 4 aliphatic rings. The lowest BCUT2D eigenvalue weighted by Gasteiger charge is -2.58. The first-order valence-corrected chi connectivity index (χ1v) is 19.1. The van der Waals surface area contributed by atoms with Gasteiger partial charge >= 0.3 is 0 Å². The molecule has 0 bridgehead atoms. The zero-order chi connectivity index (χ0) is 31.7. The Morgan fingerprint density at radius 2 is 1.41 bits per heavy atom. The summed E-state index contributed by atoms with van der Waals surface area (Å²) in [6.07, 6.45) is 19.3. The molecule has 4 nitrogen and oxygen atoms in total. The summed E-state index contributed by atoms with van der Waals surface area (Å²) in [5.74, 6) is 6.84. The van der Waals surface area contributed by atoms with Crippen LogP contribution in [0.25, 0.3) is 0 Å². The minimum atomic E-state index is 0.359. The number of hydrogen-bond acceptors (Lipinski definition) is 4. The van der Waals surface area contributed by atoms with E-state index in [0.29, 0.717) is 62.5 Å². The van der Waals surface area contributed by atoms with Crippen molar-refractivity contribution in [1.29, 1.82) is 0 Å². The second-order valence-electron chi connectivity index (χ2n) is 16.9. The second kappa shape index (κ2) is 17.1. The van der Waals surface area contributed by atoms with Crippen LogP contribution in [-0.4, -0.2) is 52.4 Å². The highest BCUT2D eigenvalue weighted by Crippen LogP contribution is 2.67. The van der Waals surface area contributed by atoms with Crippen molar-refractivity contribution in [2.45, 2.75) is 139 Å². The molecule has 0 aromatic heterocycles. The predicted molar refractivity (Wildman–Crippen MR) is 184 cm³/mol. The molecule has 0 heterocycles. The van der Waals surface area contributed by atoms with Crippen LogP contribution in [0.1, 0.15) is 132 Å². The molecule has 9 atom stereocenters. The van der Waals surface area contributed by atoms with Gasteiger partial charge in [-0.2, -0.15) is 0 Å². The van der Waals surface area contributed by atoms with Gasteiger partial charge in [0.1, 0.15) is 0 Å². The molecule has 44 heavy (non-hydrogen) atoms. The van der Waals surface area contributed by atoms with E-state index in [9.17, 15) is 0 Å². The van der Waals surface area contributed by atoms with E-state index in [1.165, 1.54) is 64.2 Å². The van der Waals surface area contributed by atoms with Crippen molar-refractivity contribution >= 4 is 0 Å². The normalized spacial score (nSPS) is 34.9. The average Bonchev–Trinajstić information content (AvgIpc) is 3.34. The van der Waals surface area contributed by atoms with E-state index in [4.69, 9.17) is 18.9 Å². The first kappa shape index (κ1) is 36.4. The van der Waals surface area contributed by atoms with Crippen molar-refractivity contribution in [3.8, 4) is 0 Å². The van der Waals surface area contributed by atoms with Crippen molar-refractivity contribution in [3.63, 3.8) is 0 Å². The first-order chi connectivity index (χ1) is 21.1. The van der Waals surface area contributed by atoms with E-state index in [1.807, 2.05) is 0 Å². The maximum absolute atomic E-state index is 6.37. The van der Waals surface area contributed by atoms with E-state index in [-0.39, 0.29) is 0 Å². The highest BCUT2D eigenvalue weighted by molar-refractivity contribution is 5.25. The van der Waals surface area contributed by atoms with Crippen LogP contribution in [0, 0.1) is 58.2 Å². The standard InChI is InChI=1S/C40H72O4/c1-29(2)10-9-11-32(6)36-14-15-37-35-13-12-33-28-34(16-19-39(33,7)38(35)17-20-40(36,37)8)44-27-26-43-25-24-42-23-22-41-21-18-31(5)30(3)4/h12,29-32,34-38H,9-11,13-28H2,1-8H3/t31?,32?,34-,35?,36?,37?,38?,39?,40?/m0/s1. The molecule has 3 fully saturated rings. The van der Waals surface area contributed by atoms with Crippen molar-refractivity contribution < 1.29 is 18.9 Å². The topological polar surface area (TPSA) is 36.9 Å². The van der Waals surface area contributed by atoms with Crippen molar-refractivity contribution in [3.05, 3.63) is 11.6 Å². The fourth-order valence-electron chi connectivity index (χ4n) is 10.2. The molecule has 4 heteroatoms. The largest absolute Gasteiger partial charge is 0.379 e.